The van der Waals surface area contributed by atoms with Gasteiger partial charge in [-0.3, -0.25) is 4.79 Å². The minimum atomic E-state index is -1.01. The van der Waals surface area contributed by atoms with Crippen LogP contribution in [-0.2, 0) is 16.1 Å². The van der Waals surface area contributed by atoms with Gasteiger partial charge in [0.05, 0.1) is 25.3 Å². The van der Waals surface area contributed by atoms with E-state index in [0.29, 0.717) is 19.5 Å². The van der Waals surface area contributed by atoms with Crippen molar-refractivity contribution in [1.29, 1.82) is 0 Å². The molecule has 3 amide bonds. The fraction of sp³-hybridized carbons (Fsp3) is 0.462. The summed E-state index contributed by atoms with van der Waals surface area (Å²) in [4.78, 5) is 28.4. The van der Waals surface area contributed by atoms with Crippen LogP contribution in [0.25, 0.3) is 0 Å². The Morgan fingerprint density at radius 3 is 2.86 bits per heavy atom. The summed E-state index contributed by atoms with van der Waals surface area (Å²) in [6, 6.07) is 13.7. The summed E-state index contributed by atoms with van der Waals surface area (Å²) in [5.74, 6) is -0.0690. The Labute approximate surface area is 209 Å². The third kappa shape index (κ3) is 5.12. The molecule has 4 N–H and O–H groups in total. The molecular weight excluding hydrogens is 464 g/mol. The highest BCUT2D eigenvalue weighted by atomic mass is 32.2. The fourth-order valence-corrected chi connectivity index (χ4v) is 5.95. The Kier molecular flexibility index (Phi) is 6.91. The van der Waals surface area contributed by atoms with E-state index in [2.05, 4.69) is 28.1 Å². The van der Waals surface area contributed by atoms with Gasteiger partial charge in [-0.25, -0.2) is 4.79 Å². The number of aliphatic hydroxyl groups is 1. The quantitative estimate of drug-likeness (QED) is 0.456. The molecule has 35 heavy (non-hydrogen) atoms. The Bertz CT molecular complexity index is 1100. The number of hydrogen-bond acceptors (Lipinski definition) is 6. The van der Waals surface area contributed by atoms with Crippen molar-refractivity contribution in [2.75, 3.05) is 31.3 Å². The molecule has 9 heteroatoms. The zero-order chi connectivity index (χ0) is 24.4. The van der Waals surface area contributed by atoms with Crippen molar-refractivity contribution in [2.24, 2.45) is 0 Å². The average Bonchev–Trinajstić information content (AvgIpc) is 3.26. The van der Waals surface area contributed by atoms with Crippen LogP contribution in [0.2, 0.25) is 0 Å². The van der Waals surface area contributed by atoms with Crippen molar-refractivity contribution >= 4 is 29.4 Å². The maximum absolute atomic E-state index is 12.9. The SMILES string of the molecule is CSc1ccccc1[C@H]1CCCN1C(=O)CNC(=O)NCc1ccc2c(c1)[C@H]1CC[C@](O)(CO1)N2. The van der Waals surface area contributed by atoms with Crippen molar-refractivity contribution in [3.8, 4) is 0 Å². The number of carbonyl (C=O) groups is 2. The Morgan fingerprint density at radius 2 is 2.06 bits per heavy atom. The first-order chi connectivity index (χ1) is 17.0. The molecule has 2 aromatic rings. The predicted octanol–water partition coefficient (Wildman–Crippen LogP) is 3.54. The van der Waals surface area contributed by atoms with Crippen molar-refractivity contribution in [1.82, 2.24) is 15.5 Å². The summed E-state index contributed by atoms with van der Waals surface area (Å²) in [6.45, 7) is 1.26. The van der Waals surface area contributed by atoms with Gasteiger partial charge >= 0.3 is 6.03 Å². The molecule has 8 nitrogen and oxygen atoms in total. The lowest BCUT2D eigenvalue weighted by Crippen LogP contribution is -2.44. The van der Waals surface area contributed by atoms with Gasteiger partial charge in [0, 0.05) is 29.2 Å². The van der Waals surface area contributed by atoms with Gasteiger partial charge in [0.15, 0.2) is 5.72 Å². The molecule has 186 valence electrons. The molecule has 4 aliphatic rings. The number of urea groups is 1. The summed E-state index contributed by atoms with van der Waals surface area (Å²) >= 11 is 1.69. The van der Waals surface area contributed by atoms with E-state index < -0.39 is 5.72 Å². The summed E-state index contributed by atoms with van der Waals surface area (Å²) < 4.78 is 5.83. The molecule has 0 aromatic heterocycles. The number of thioether (sulfide) groups is 1. The van der Waals surface area contributed by atoms with Crippen LogP contribution in [0.5, 0.6) is 0 Å². The lowest BCUT2D eigenvalue weighted by molar-refractivity contribution is -0.131. The fourth-order valence-electron chi connectivity index (χ4n) is 5.29. The Balaban J connectivity index is 1.15. The van der Waals surface area contributed by atoms with Gasteiger partial charge in [0.2, 0.25) is 5.91 Å². The van der Waals surface area contributed by atoms with Crippen molar-refractivity contribution in [3.05, 3.63) is 59.2 Å². The zero-order valence-electron chi connectivity index (χ0n) is 19.9. The van der Waals surface area contributed by atoms with Crippen molar-refractivity contribution < 1.29 is 19.4 Å². The van der Waals surface area contributed by atoms with E-state index in [4.69, 9.17) is 4.74 Å². The smallest absolute Gasteiger partial charge is 0.315 e. The topological polar surface area (TPSA) is 103 Å². The monoisotopic (exact) mass is 496 g/mol. The number of ether oxygens (including phenoxy) is 1. The van der Waals surface area contributed by atoms with E-state index in [1.165, 1.54) is 10.5 Å². The maximum Gasteiger partial charge on any atom is 0.315 e. The number of hydrogen-bond donors (Lipinski definition) is 4. The second-order valence-electron chi connectivity index (χ2n) is 9.44. The molecule has 3 atom stereocenters. The van der Waals surface area contributed by atoms with Gasteiger partial charge in [-0.05, 0) is 61.3 Å². The van der Waals surface area contributed by atoms with Crippen LogP contribution < -0.4 is 16.0 Å². The highest BCUT2D eigenvalue weighted by molar-refractivity contribution is 7.98. The lowest BCUT2D eigenvalue weighted by Gasteiger charge is -2.32. The minimum Gasteiger partial charge on any atom is -0.369 e. The van der Waals surface area contributed by atoms with E-state index in [1.54, 1.807) is 11.8 Å². The van der Waals surface area contributed by atoms with Gasteiger partial charge in [0.1, 0.15) is 0 Å². The van der Waals surface area contributed by atoms with Crippen LogP contribution >= 0.6 is 11.8 Å². The first kappa shape index (κ1) is 24.0. The van der Waals surface area contributed by atoms with Crippen LogP contribution in [0.1, 0.15) is 54.5 Å². The number of nitrogens with zero attached hydrogens (tertiary/aromatic N) is 1. The summed E-state index contributed by atoms with van der Waals surface area (Å²) in [5, 5.41) is 19.3. The van der Waals surface area contributed by atoms with Gasteiger partial charge < -0.3 is 30.7 Å². The number of fused-ring (bicyclic) bond motifs is 2. The van der Waals surface area contributed by atoms with E-state index >= 15 is 0 Å². The number of carbonyl (C=O) groups excluding carboxylic acids is 2. The zero-order valence-corrected chi connectivity index (χ0v) is 20.7. The molecule has 0 unspecified atom stereocenters. The molecule has 4 aliphatic heterocycles. The number of rotatable bonds is 6. The largest absolute Gasteiger partial charge is 0.369 e. The molecule has 0 radical (unpaired) electrons. The van der Waals surface area contributed by atoms with Crippen molar-refractivity contribution in [3.63, 3.8) is 0 Å². The molecular formula is C26H32N4O4S. The molecule has 0 saturated carbocycles. The van der Waals surface area contributed by atoms with Gasteiger partial charge in [-0.1, -0.05) is 24.3 Å². The molecule has 2 saturated heterocycles. The molecule has 6 rings (SSSR count). The second-order valence-corrected chi connectivity index (χ2v) is 10.3. The number of amides is 3. The standard InChI is InChI=1S/C26H32N4O4S/c1-35-23-7-3-2-5-18(23)21-6-4-12-30(21)24(31)15-28-25(32)27-14-17-8-9-20-19(13-17)22-10-11-26(33,29-20)16-34-22/h2-3,5,7-9,13,21-22,29,33H,4,6,10-12,14-16H2,1H3,(H2,27,28,32)/t21-,22-,26+/m1/s1. The predicted molar refractivity (Wildman–Crippen MR) is 135 cm³/mol. The molecule has 0 aliphatic carbocycles. The van der Waals surface area contributed by atoms with Gasteiger partial charge in [-0.2, -0.15) is 0 Å². The number of benzene rings is 2. The van der Waals surface area contributed by atoms with E-state index in [-0.39, 0.29) is 37.2 Å². The highest BCUT2D eigenvalue weighted by Crippen LogP contribution is 2.41. The van der Waals surface area contributed by atoms with E-state index in [1.807, 2.05) is 41.5 Å². The normalized spacial score (nSPS) is 24.9. The highest BCUT2D eigenvalue weighted by Gasteiger charge is 2.39. The molecule has 0 spiro atoms. The van der Waals surface area contributed by atoms with Crippen LogP contribution in [-0.4, -0.2) is 53.6 Å². The Morgan fingerprint density at radius 1 is 1.20 bits per heavy atom. The molecule has 2 fully saturated rings. The van der Waals surface area contributed by atoms with Crippen LogP contribution in [0.15, 0.2) is 47.4 Å². The number of nitrogens with one attached hydrogen (secondary N) is 3. The number of anilines is 1. The van der Waals surface area contributed by atoms with Crippen LogP contribution in [0, 0.1) is 0 Å². The van der Waals surface area contributed by atoms with E-state index in [0.717, 1.165) is 36.1 Å². The Hall–Kier alpha value is -2.75. The second kappa shape index (κ2) is 10.1. The maximum atomic E-state index is 12.9. The third-order valence-electron chi connectivity index (χ3n) is 7.10. The van der Waals surface area contributed by atoms with Crippen LogP contribution in [0.4, 0.5) is 10.5 Å². The lowest BCUT2D eigenvalue weighted by atomic mass is 9.98. The molecule has 4 heterocycles. The van der Waals surface area contributed by atoms with Gasteiger partial charge in [0.25, 0.3) is 0 Å². The van der Waals surface area contributed by atoms with Crippen molar-refractivity contribution in [2.45, 2.75) is 55.0 Å². The van der Waals surface area contributed by atoms with Gasteiger partial charge in [-0.15, -0.1) is 11.8 Å². The summed E-state index contributed by atoms with van der Waals surface area (Å²) in [6.07, 6.45) is 5.26. The van der Waals surface area contributed by atoms with Crippen LogP contribution in [0.3, 0.4) is 0 Å². The first-order valence-electron chi connectivity index (χ1n) is 12.1. The molecule has 2 bridgehead atoms. The average molecular weight is 497 g/mol. The first-order valence-corrected chi connectivity index (χ1v) is 13.4. The van der Waals surface area contributed by atoms with E-state index in [9.17, 15) is 14.7 Å². The summed E-state index contributed by atoms with van der Waals surface area (Å²) in [5.41, 5.74) is 2.96. The minimum absolute atomic E-state index is 0.0353. The molecule has 2 aromatic carbocycles. The number of likely N-dealkylation sites (tertiary alicyclic amines) is 1. The third-order valence-corrected chi connectivity index (χ3v) is 7.91. The summed E-state index contributed by atoms with van der Waals surface area (Å²) in [7, 11) is 0.